The minimum atomic E-state index is -0.879. The van der Waals surface area contributed by atoms with Gasteiger partial charge in [-0.2, -0.15) is 0 Å². The summed E-state index contributed by atoms with van der Waals surface area (Å²) in [5.41, 5.74) is 5.71. The number of anilines is 1. The van der Waals surface area contributed by atoms with Gasteiger partial charge in [0.25, 0.3) is 0 Å². The summed E-state index contributed by atoms with van der Waals surface area (Å²) in [5, 5.41) is 3.58. The van der Waals surface area contributed by atoms with Gasteiger partial charge in [0.1, 0.15) is 23.3 Å². The minimum Gasteiger partial charge on any atom is -0.336 e. The summed E-state index contributed by atoms with van der Waals surface area (Å²) in [6.07, 6.45) is 14.1. The van der Waals surface area contributed by atoms with Crippen molar-refractivity contribution in [1.82, 2.24) is 45.2 Å². The average molecular weight is 888 g/mol. The molecule has 2 aromatic carbocycles. The maximum atomic E-state index is 13.8. The number of nitrogens with zero attached hydrogens (tertiary/aromatic N) is 9. The highest BCUT2D eigenvalue weighted by Gasteiger charge is 2.23. The number of aromatic nitrogens is 8. The number of benzene rings is 2. The van der Waals surface area contributed by atoms with Crippen LogP contribution in [0.1, 0.15) is 70.2 Å². The van der Waals surface area contributed by atoms with E-state index < -0.39 is 46.0 Å². The molecule has 1 N–H and O–H groups in total. The molecular weight excluding hydrogens is 847 g/mol. The van der Waals surface area contributed by atoms with E-state index in [4.69, 9.17) is 11.6 Å². The van der Waals surface area contributed by atoms with E-state index in [-0.39, 0.29) is 25.2 Å². The van der Waals surface area contributed by atoms with Crippen LogP contribution in [0.25, 0.3) is 11.1 Å². The summed E-state index contributed by atoms with van der Waals surface area (Å²) in [4.78, 5) is 59.7. The van der Waals surface area contributed by atoms with Crippen molar-refractivity contribution in [2.75, 3.05) is 31.1 Å². The maximum Gasteiger partial charge on any atom is 0.225 e. The van der Waals surface area contributed by atoms with Crippen molar-refractivity contribution in [2.24, 2.45) is 0 Å². The SMILES string of the molecule is CC1=C(c2cnc(CC(=O)c3c(F)cccc3F)cn2)CN(c2ncccn2)CC1.CC1=C(c2cnc(CC(=O)c3c(F)cccc3F)cn2)CNCC1.Cl.Clc1ncccn1. The first-order valence-electron chi connectivity index (χ1n) is 19.1. The predicted molar refractivity (Wildman–Crippen MR) is 229 cm³/mol. The van der Waals surface area contributed by atoms with Crippen LogP contribution in [0, 0.1) is 23.3 Å². The van der Waals surface area contributed by atoms with Gasteiger partial charge in [0.05, 0.1) is 59.1 Å². The molecule has 6 heterocycles. The van der Waals surface area contributed by atoms with Crippen LogP contribution in [0.4, 0.5) is 23.5 Å². The van der Waals surface area contributed by atoms with Crippen molar-refractivity contribution in [3.8, 4) is 0 Å². The summed E-state index contributed by atoms with van der Waals surface area (Å²) in [7, 11) is 0. The fourth-order valence-electron chi connectivity index (χ4n) is 6.40. The molecule has 320 valence electrons. The molecule has 0 saturated carbocycles. The molecule has 6 aromatic rings. The van der Waals surface area contributed by atoms with E-state index in [1.54, 1.807) is 49.3 Å². The fraction of sp³-hybridized carbons (Fsp3) is 0.227. The largest absolute Gasteiger partial charge is 0.336 e. The molecule has 0 aliphatic carbocycles. The van der Waals surface area contributed by atoms with Gasteiger partial charge in [0.15, 0.2) is 11.6 Å². The molecule has 2 aliphatic heterocycles. The number of carbonyl (C=O) groups excluding carboxylic acids is 2. The van der Waals surface area contributed by atoms with Crippen LogP contribution in [-0.2, 0) is 12.8 Å². The van der Waals surface area contributed by atoms with Crippen molar-refractivity contribution in [3.05, 3.63) is 172 Å². The summed E-state index contributed by atoms with van der Waals surface area (Å²) in [5.74, 6) is -4.15. The van der Waals surface area contributed by atoms with Crippen LogP contribution < -0.4 is 10.2 Å². The topological polar surface area (TPSA) is 153 Å². The van der Waals surface area contributed by atoms with Gasteiger partial charge in [-0.1, -0.05) is 23.3 Å². The second-order valence-corrected chi connectivity index (χ2v) is 14.2. The Labute approximate surface area is 366 Å². The number of halogens is 6. The number of nitrogens with one attached hydrogen (secondary N) is 1. The molecule has 8 rings (SSSR count). The van der Waals surface area contributed by atoms with Crippen LogP contribution in [-0.4, -0.2) is 77.6 Å². The third kappa shape index (κ3) is 12.4. The number of hydrogen-bond donors (Lipinski definition) is 1. The quantitative estimate of drug-likeness (QED) is 0.0847. The molecule has 0 atom stereocenters. The van der Waals surface area contributed by atoms with E-state index in [2.05, 4.69) is 63.9 Å². The predicted octanol–water partition coefficient (Wildman–Crippen LogP) is 8.15. The molecule has 0 amide bonds. The average Bonchev–Trinajstić information content (AvgIpc) is 3.26. The summed E-state index contributed by atoms with van der Waals surface area (Å²) >= 11 is 5.32. The molecule has 0 unspecified atom stereocenters. The molecule has 4 aromatic heterocycles. The van der Waals surface area contributed by atoms with Gasteiger partial charge in [-0.25, -0.2) is 37.5 Å². The summed E-state index contributed by atoms with van der Waals surface area (Å²) in [6.45, 7) is 7.22. The number of carbonyl (C=O) groups is 2. The smallest absolute Gasteiger partial charge is 0.225 e. The second kappa shape index (κ2) is 22.5. The Morgan fingerprint density at radius 3 is 1.53 bits per heavy atom. The van der Waals surface area contributed by atoms with Crippen molar-refractivity contribution >= 4 is 52.7 Å². The Balaban J connectivity index is 0.000000203. The van der Waals surface area contributed by atoms with E-state index in [0.717, 1.165) is 73.6 Å². The van der Waals surface area contributed by atoms with Gasteiger partial charge < -0.3 is 10.2 Å². The molecule has 12 nitrogen and oxygen atoms in total. The fourth-order valence-corrected chi connectivity index (χ4v) is 6.52. The third-order valence-corrected chi connectivity index (χ3v) is 9.87. The molecule has 0 radical (unpaired) electrons. The van der Waals surface area contributed by atoms with Crippen LogP contribution in [0.15, 0.2) is 109 Å². The minimum absolute atomic E-state index is 0. The molecule has 18 heteroatoms. The lowest BCUT2D eigenvalue weighted by atomic mass is 9.99. The first-order chi connectivity index (χ1) is 29.5. The Morgan fingerprint density at radius 2 is 1.10 bits per heavy atom. The zero-order valence-electron chi connectivity index (χ0n) is 33.5. The van der Waals surface area contributed by atoms with Gasteiger partial charge in [-0.3, -0.25) is 29.5 Å². The normalized spacial score (nSPS) is 13.6. The lowest BCUT2D eigenvalue weighted by molar-refractivity contribution is 0.0974. The van der Waals surface area contributed by atoms with Gasteiger partial charge in [-0.15, -0.1) is 12.4 Å². The lowest BCUT2D eigenvalue weighted by Gasteiger charge is -2.29. The first-order valence-corrected chi connectivity index (χ1v) is 19.5. The van der Waals surface area contributed by atoms with E-state index in [1.165, 1.54) is 35.7 Å². The molecule has 0 saturated heterocycles. The Hall–Kier alpha value is -6.36. The maximum absolute atomic E-state index is 13.8. The second-order valence-electron chi connectivity index (χ2n) is 13.9. The highest BCUT2D eigenvalue weighted by atomic mass is 35.5. The Bertz CT molecular complexity index is 2490. The third-order valence-electron chi connectivity index (χ3n) is 9.68. The zero-order valence-corrected chi connectivity index (χ0v) is 35.1. The van der Waals surface area contributed by atoms with Crippen LogP contribution in [0.3, 0.4) is 0 Å². The Morgan fingerprint density at radius 1 is 0.629 bits per heavy atom. The molecule has 62 heavy (non-hydrogen) atoms. The van der Waals surface area contributed by atoms with Gasteiger partial charge >= 0.3 is 0 Å². The van der Waals surface area contributed by atoms with E-state index in [1.807, 2.05) is 0 Å². The van der Waals surface area contributed by atoms with Crippen molar-refractivity contribution < 1.29 is 27.2 Å². The highest BCUT2D eigenvalue weighted by molar-refractivity contribution is 6.28. The van der Waals surface area contributed by atoms with Gasteiger partial charge in [-0.05, 0) is 92.4 Å². The van der Waals surface area contributed by atoms with Crippen molar-refractivity contribution in [1.29, 1.82) is 0 Å². The molecule has 2 aliphatic rings. The van der Waals surface area contributed by atoms with Gasteiger partial charge in [0, 0.05) is 56.8 Å². The summed E-state index contributed by atoms with van der Waals surface area (Å²) in [6, 6.07) is 10.2. The number of Topliss-reactive ketones (excluding diaryl/α,β-unsaturated/α-hetero) is 2. The zero-order chi connectivity index (χ0) is 43.3. The van der Waals surface area contributed by atoms with E-state index >= 15 is 0 Å². The van der Waals surface area contributed by atoms with E-state index in [9.17, 15) is 27.2 Å². The molecular formula is C44H40Cl2F4N10O2. The van der Waals surface area contributed by atoms with E-state index in [0.29, 0.717) is 34.9 Å². The molecule has 0 fully saturated rings. The van der Waals surface area contributed by atoms with Crippen molar-refractivity contribution in [3.63, 3.8) is 0 Å². The summed E-state index contributed by atoms with van der Waals surface area (Å²) < 4.78 is 54.9. The van der Waals surface area contributed by atoms with Gasteiger partial charge in [0.2, 0.25) is 11.2 Å². The first kappa shape index (κ1) is 46.7. The molecule has 0 bridgehead atoms. The number of ketones is 2. The Kier molecular flexibility index (Phi) is 16.9. The van der Waals surface area contributed by atoms with Crippen LogP contribution in [0.5, 0.6) is 0 Å². The number of rotatable bonds is 9. The highest BCUT2D eigenvalue weighted by Crippen LogP contribution is 2.27. The standard InChI is InChI=1S/C22H19F2N5O.C18H17F2N3O.C4H3ClN2.ClH/c1-14-6-9-29(22-25-7-3-8-26-22)13-16(14)19-12-27-15(11-28-19)10-20(30)21-17(23)4-2-5-18(21)24;1-11-5-6-21-9-13(11)16-10-22-12(8-23-16)7-17(24)18-14(19)3-2-4-15(18)20;5-4-6-2-1-3-7-4;/h2-5,7-8,11-12H,6,9-10,13H2,1H3;2-4,8,10,21H,5-7,9H2,1H3;1-3H;1H. The monoisotopic (exact) mass is 886 g/mol. The number of hydrogen-bond acceptors (Lipinski definition) is 12. The van der Waals surface area contributed by atoms with Crippen LogP contribution in [0.2, 0.25) is 5.28 Å². The molecule has 0 spiro atoms. The lowest BCUT2D eigenvalue weighted by Crippen LogP contribution is -2.32. The van der Waals surface area contributed by atoms with Crippen molar-refractivity contribution in [2.45, 2.75) is 39.5 Å². The van der Waals surface area contributed by atoms with Crippen LogP contribution >= 0.6 is 24.0 Å².